The first kappa shape index (κ1) is 9.92. The molecule has 2 heterocycles. The van der Waals surface area contributed by atoms with Crippen LogP contribution in [0.4, 0.5) is 0 Å². The minimum Gasteiger partial charge on any atom is -0.481 e. The minimum atomic E-state index is 0.576. The monoisotopic (exact) mass is 207 g/mol. The summed E-state index contributed by atoms with van der Waals surface area (Å²) in [4.78, 5) is 11.7. The van der Waals surface area contributed by atoms with E-state index >= 15 is 0 Å². The van der Waals surface area contributed by atoms with Crippen LogP contribution in [0.2, 0.25) is 0 Å². The van der Waals surface area contributed by atoms with Gasteiger partial charge in [0.15, 0.2) is 5.65 Å². The number of ether oxygens (including phenoxy) is 2. The molecule has 0 aliphatic carbocycles. The summed E-state index contributed by atoms with van der Waals surface area (Å²) in [6.45, 7) is 0.650. The van der Waals surface area contributed by atoms with E-state index in [0.29, 0.717) is 18.1 Å². The number of nitrogens with one attached hydrogen (secondary N) is 1. The summed E-state index contributed by atoms with van der Waals surface area (Å²) >= 11 is 0. The van der Waals surface area contributed by atoms with Gasteiger partial charge in [0.05, 0.1) is 19.2 Å². The van der Waals surface area contributed by atoms with E-state index in [9.17, 15) is 0 Å². The molecule has 0 fully saturated rings. The topological polar surface area (TPSA) is 60.0 Å². The van der Waals surface area contributed by atoms with E-state index in [1.807, 2.05) is 6.07 Å². The fourth-order valence-corrected chi connectivity index (χ4v) is 1.36. The first-order valence-corrected chi connectivity index (χ1v) is 4.72. The number of methoxy groups -OCH3 is 2. The highest BCUT2D eigenvalue weighted by molar-refractivity contribution is 5.71. The molecule has 0 radical (unpaired) electrons. The van der Waals surface area contributed by atoms with Crippen LogP contribution in [0.3, 0.4) is 0 Å². The number of H-pyrrole nitrogens is 1. The molecule has 2 rings (SSSR count). The number of pyridine rings is 1. The first-order chi connectivity index (χ1) is 7.33. The number of hydrogen-bond donors (Lipinski definition) is 1. The normalized spacial score (nSPS) is 10.8. The van der Waals surface area contributed by atoms with E-state index in [4.69, 9.17) is 9.47 Å². The van der Waals surface area contributed by atoms with Crippen molar-refractivity contribution in [1.82, 2.24) is 15.0 Å². The van der Waals surface area contributed by atoms with Gasteiger partial charge in [0.2, 0.25) is 5.88 Å². The zero-order chi connectivity index (χ0) is 10.7. The van der Waals surface area contributed by atoms with Gasteiger partial charge in [-0.3, -0.25) is 0 Å². The van der Waals surface area contributed by atoms with Crippen molar-refractivity contribution in [3.05, 3.63) is 18.0 Å². The molecule has 0 saturated carbocycles. The molecule has 2 aromatic heterocycles. The van der Waals surface area contributed by atoms with Gasteiger partial charge in [0, 0.05) is 19.6 Å². The number of aromatic nitrogens is 3. The van der Waals surface area contributed by atoms with Gasteiger partial charge in [0.25, 0.3) is 0 Å². The van der Waals surface area contributed by atoms with Gasteiger partial charge in [-0.15, -0.1) is 0 Å². The van der Waals surface area contributed by atoms with Crippen LogP contribution in [-0.2, 0) is 11.2 Å². The molecule has 0 saturated heterocycles. The van der Waals surface area contributed by atoms with Crippen LogP contribution < -0.4 is 4.74 Å². The van der Waals surface area contributed by atoms with Crippen molar-refractivity contribution in [3.63, 3.8) is 0 Å². The summed E-state index contributed by atoms with van der Waals surface area (Å²) < 4.78 is 10.0. The van der Waals surface area contributed by atoms with E-state index in [1.165, 1.54) is 0 Å². The van der Waals surface area contributed by atoms with Crippen molar-refractivity contribution in [2.75, 3.05) is 20.8 Å². The van der Waals surface area contributed by atoms with Crippen molar-refractivity contribution < 1.29 is 9.47 Å². The van der Waals surface area contributed by atoms with E-state index in [-0.39, 0.29) is 0 Å². The Morgan fingerprint density at radius 1 is 1.27 bits per heavy atom. The summed E-state index contributed by atoms with van der Waals surface area (Å²) in [5, 5.41) is 0. The van der Waals surface area contributed by atoms with Crippen LogP contribution in [0.5, 0.6) is 5.88 Å². The average Bonchev–Trinajstić information content (AvgIpc) is 2.67. The Kier molecular flexibility index (Phi) is 2.82. The molecule has 1 N–H and O–H groups in total. The van der Waals surface area contributed by atoms with E-state index < -0.39 is 0 Å². The molecule has 5 heteroatoms. The molecule has 0 spiro atoms. The number of imidazole rings is 1. The van der Waals surface area contributed by atoms with Gasteiger partial charge in [-0.2, -0.15) is 4.98 Å². The Morgan fingerprint density at radius 2 is 2.13 bits per heavy atom. The smallest absolute Gasteiger partial charge is 0.215 e. The third kappa shape index (κ3) is 2.07. The maximum absolute atomic E-state index is 5.02. The molecule has 5 nitrogen and oxygen atoms in total. The van der Waals surface area contributed by atoms with Crippen LogP contribution in [0.15, 0.2) is 12.1 Å². The lowest BCUT2D eigenvalue weighted by atomic mass is 10.4. The molecule has 0 aromatic carbocycles. The van der Waals surface area contributed by atoms with Crippen molar-refractivity contribution in [2.45, 2.75) is 6.42 Å². The average molecular weight is 207 g/mol. The van der Waals surface area contributed by atoms with Crippen molar-refractivity contribution in [3.8, 4) is 5.88 Å². The number of hydrogen-bond acceptors (Lipinski definition) is 4. The van der Waals surface area contributed by atoms with Gasteiger partial charge in [0.1, 0.15) is 5.82 Å². The lowest BCUT2D eigenvalue weighted by molar-refractivity contribution is 0.201. The Morgan fingerprint density at radius 3 is 2.87 bits per heavy atom. The number of nitrogens with zero attached hydrogens (tertiary/aromatic N) is 2. The first-order valence-electron chi connectivity index (χ1n) is 4.72. The molecule has 15 heavy (non-hydrogen) atoms. The van der Waals surface area contributed by atoms with Gasteiger partial charge in [-0.1, -0.05) is 0 Å². The van der Waals surface area contributed by atoms with Gasteiger partial charge >= 0.3 is 0 Å². The molecule has 0 aliphatic rings. The van der Waals surface area contributed by atoms with Crippen molar-refractivity contribution in [2.24, 2.45) is 0 Å². The standard InChI is InChI=1S/C10H13N3O2/c1-14-6-5-8-11-7-3-4-9(15-2)13-10(7)12-8/h3-4H,5-6H2,1-2H3,(H,11,12,13). The molecular formula is C10H13N3O2. The molecule has 80 valence electrons. The summed E-state index contributed by atoms with van der Waals surface area (Å²) in [7, 11) is 3.26. The van der Waals surface area contributed by atoms with Crippen LogP contribution >= 0.6 is 0 Å². The fourth-order valence-electron chi connectivity index (χ4n) is 1.36. The zero-order valence-corrected chi connectivity index (χ0v) is 8.78. The van der Waals surface area contributed by atoms with E-state index in [2.05, 4.69) is 15.0 Å². The summed E-state index contributed by atoms with van der Waals surface area (Å²) in [5.41, 5.74) is 1.60. The van der Waals surface area contributed by atoms with Crippen LogP contribution in [0.25, 0.3) is 11.2 Å². The van der Waals surface area contributed by atoms with Gasteiger partial charge in [-0.05, 0) is 6.07 Å². The second kappa shape index (κ2) is 4.27. The highest BCUT2D eigenvalue weighted by Gasteiger charge is 2.04. The summed E-state index contributed by atoms with van der Waals surface area (Å²) in [6.07, 6.45) is 0.759. The van der Waals surface area contributed by atoms with Crippen LogP contribution in [-0.4, -0.2) is 35.8 Å². The summed E-state index contributed by atoms with van der Waals surface area (Å²) in [6, 6.07) is 3.71. The van der Waals surface area contributed by atoms with Crippen molar-refractivity contribution in [1.29, 1.82) is 0 Å². The Hall–Kier alpha value is -1.62. The van der Waals surface area contributed by atoms with Crippen LogP contribution in [0.1, 0.15) is 5.82 Å². The Bertz CT molecular complexity index is 453. The Balaban J connectivity index is 2.29. The molecule has 0 atom stereocenters. The maximum Gasteiger partial charge on any atom is 0.215 e. The molecule has 0 amide bonds. The van der Waals surface area contributed by atoms with Gasteiger partial charge < -0.3 is 14.5 Å². The quantitative estimate of drug-likeness (QED) is 0.817. The van der Waals surface area contributed by atoms with E-state index in [0.717, 1.165) is 17.8 Å². The molecular weight excluding hydrogens is 194 g/mol. The molecule has 0 bridgehead atoms. The lowest BCUT2D eigenvalue weighted by Gasteiger charge is -1.95. The third-order valence-electron chi connectivity index (χ3n) is 2.12. The lowest BCUT2D eigenvalue weighted by Crippen LogP contribution is -1.95. The Labute approximate surface area is 87.4 Å². The second-order valence-corrected chi connectivity index (χ2v) is 3.15. The second-order valence-electron chi connectivity index (χ2n) is 3.15. The minimum absolute atomic E-state index is 0.576. The number of aromatic amines is 1. The number of fused-ring (bicyclic) bond motifs is 1. The fraction of sp³-hybridized carbons (Fsp3) is 0.400. The highest BCUT2D eigenvalue weighted by Crippen LogP contribution is 2.14. The third-order valence-corrected chi connectivity index (χ3v) is 2.12. The largest absolute Gasteiger partial charge is 0.481 e. The molecule has 0 unspecified atom stereocenters. The predicted molar refractivity (Wildman–Crippen MR) is 56.0 cm³/mol. The SMILES string of the molecule is COCCc1nc2nc(OC)ccc2[nH]1. The number of rotatable bonds is 4. The predicted octanol–water partition coefficient (Wildman–Crippen LogP) is 1.16. The van der Waals surface area contributed by atoms with Crippen LogP contribution in [0, 0.1) is 0 Å². The zero-order valence-electron chi connectivity index (χ0n) is 8.78. The maximum atomic E-state index is 5.02. The highest BCUT2D eigenvalue weighted by atomic mass is 16.5. The van der Waals surface area contributed by atoms with Gasteiger partial charge in [-0.25, -0.2) is 4.98 Å². The van der Waals surface area contributed by atoms with E-state index in [1.54, 1.807) is 20.3 Å². The molecule has 0 aliphatic heterocycles. The molecule has 2 aromatic rings. The summed E-state index contributed by atoms with van der Waals surface area (Å²) in [5.74, 6) is 1.46. The van der Waals surface area contributed by atoms with Crippen molar-refractivity contribution >= 4 is 11.2 Å².